The molecule has 3 aromatic carbocycles. The molecular weight excluding hydrogens is 474 g/mol. The van der Waals surface area contributed by atoms with E-state index in [0.29, 0.717) is 24.8 Å². The summed E-state index contributed by atoms with van der Waals surface area (Å²) in [7, 11) is 0. The molecule has 0 bridgehead atoms. The maximum absolute atomic E-state index is 12.0. The number of para-hydroxylation sites is 3. The Morgan fingerprint density at radius 1 is 0.947 bits per heavy atom. The topological polar surface area (TPSA) is 65.4 Å². The molecule has 0 unspecified atom stereocenters. The predicted molar refractivity (Wildman–Crippen MR) is 153 cm³/mol. The van der Waals surface area contributed by atoms with Gasteiger partial charge in [-0.1, -0.05) is 62.7 Å². The molecule has 38 heavy (non-hydrogen) atoms. The Kier molecular flexibility index (Phi) is 9.79. The number of fused-ring (bicyclic) bond motifs is 1. The van der Waals surface area contributed by atoms with E-state index in [1.807, 2.05) is 36.4 Å². The minimum atomic E-state index is -0.0927. The van der Waals surface area contributed by atoms with Crippen molar-refractivity contribution in [1.82, 2.24) is 14.9 Å². The average Bonchev–Trinajstić information content (AvgIpc) is 3.27. The number of nitrogens with zero attached hydrogens (tertiary/aromatic N) is 2. The van der Waals surface area contributed by atoms with E-state index in [1.165, 1.54) is 11.1 Å². The van der Waals surface area contributed by atoms with Crippen LogP contribution in [0.5, 0.6) is 11.5 Å². The number of ether oxygens (including phenoxy) is 2. The van der Waals surface area contributed by atoms with Gasteiger partial charge in [0.05, 0.1) is 17.6 Å². The number of benzene rings is 3. The van der Waals surface area contributed by atoms with Gasteiger partial charge in [-0.25, -0.2) is 4.98 Å². The fourth-order valence-electron chi connectivity index (χ4n) is 4.59. The molecule has 1 heterocycles. The number of carbonyl (C=O) groups is 1. The van der Waals surface area contributed by atoms with E-state index in [2.05, 4.69) is 67.1 Å². The normalized spacial score (nSPS) is 11.2. The highest BCUT2D eigenvalue weighted by atomic mass is 16.5. The van der Waals surface area contributed by atoms with Crippen molar-refractivity contribution < 1.29 is 14.3 Å². The van der Waals surface area contributed by atoms with Gasteiger partial charge < -0.3 is 19.4 Å². The van der Waals surface area contributed by atoms with Crippen LogP contribution in [0.3, 0.4) is 0 Å². The highest BCUT2D eigenvalue weighted by Gasteiger charge is 2.12. The van der Waals surface area contributed by atoms with Gasteiger partial charge in [0.15, 0.2) is 6.61 Å². The number of carbonyl (C=O) groups excluding carboxylic acids is 1. The van der Waals surface area contributed by atoms with Crippen LogP contribution in [0.25, 0.3) is 11.0 Å². The summed E-state index contributed by atoms with van der Waals surface area (Å²) < 4.78 is 14.1. The molecule has 0 atom stereocenters. The molecule has 4 aromatic rings. The van der Waals surface area contributed by atoms with Crippen LogP contribution in [-0.2, 0) is 17.8 Å². The summed E-state index contributed by atoms with van der Waals surface area (Å²) in [4.78, 5) is 17.0. The number of aryl methyl sites for hydroxylation is 2. The number of amides is 1. The van der Waals surface area contributed by atoms with Gasteiger partial charge in [-0.15, -0.1) is 0 Å². The van der Waals surface area contributed by atoms with Crippen molar-refractivity contribution in [3.8, 4) is 11.5 Å². The van der Waals surface area contributed by atoms with Gasteiger partial charge in [-0.3, -0.25) is 4.79 Å². The Balaban J connectivity index is 1.25. The highest BCUT2D eigenvalue weighted by molar-refractivity contribution is 5.77. The molecule has 0 aliphatic heterocycles. The van der Waals surface area contributed by atoms with Crippen molar-refractivity contribution >= 4 is 16.9 Å². The van der Waals surface area contributed by atoms with E-state index in [0.717, 1.165) is 54.8 Å². The molecule has 6 nitrogen and oxygen atoms in total. The van der Waals surface area contributed by atoms with Crippen LogP contribution in [-0.4, -0.2) is 35.2 Å². The number of imidazole rings is 1. The minimum Gasteiger partial charge on any atom is -0.491 e. The quantitative estimate of drug-likeness (QED) is 0.197. The molecule has 1 amide bonds. The first-order valence-electron chi connectivity index (χ1n) is 13.6. The van der Waals surface area contributed by atoms with Crippen molar-refractivity contribution in [2.45, 2.75) is 58.9 Å². The molecule has 6 heteroatoms. The van der Waals surface area contributed by atoms with E-state index >= 15 is 0 Å². The summed E-state index contributed by atoms with van der Waals surface area (Å²) in [5, 5.41) is 2.94. The second-order valence-corrected chi connectivity index (χ2v) is 9.98. The van der Waals surface area contributed by atoms with Gasteiger partial charge in [0.1, 0.15) is 23.9 Å². The first kappa shape index (κ1) is 27.2. The maximum atomic E-state index is 12.0. The van der Waals surface area contributed by atoms with Crippen molar-refractivity contribution in [1.29, 1.82) is 0 Å². The summed E-state index contributed by atoms with van der Waals surface area (Å²) >= 11 is 0. The predicted octanol–water partition coefficient (Wildman–Crippen LogP) is 6.46. The van der Waals surface area contributed by atoms with E-state index < -0.39 is 0 Å². The van der Waals surface area contributed by atoms with Gasteiger partial charge in [0.2, 0.25) is 0 Å². The molecule has 0 saturated heterocycles. The van der Waals surface area contributed by atoms with Crippen LogP contribution >= 0.6 is 0 Å². The number of hydrogen-bond acceptors (Lipinski definition) is 4. The smallest absolute Gasteiger partial charge is 0.257 e. The molecular formula is C32H39N3O3. The van der Waals surface area contributed by atoms with E-state index in [-0.39, 0.29) is 12.5 Å². The SMILES string of the molecule is Cc1ccc(C(C)C)c(OCCn2c(CCCCCNC(=O)COc3ccccc3)nc3ccccc32)c1. The van der Waals surface area contributed by atoms with Gasteiger partial charge in [0, 0.05) is 13.0 Å². The number of rotatable bonds is 14. The number of nitrogens with one attached hydrogen (secondary N) is 1. The molecule has 0 aliphatic carbocycles. The van der Waals surface area contributed by atoms with E-state index in [1.54, 1.807) is 0 Å². The van der Waals surface area contributed by atoms with Crippen LogP contribution in [0, 0.1) is 6.92 Å². The molecule has 1 N–H and O–H groups in total. The summed E-state index contributed by atoms with van der Waals surface area (Å²) in [6.45, 7) is 8.52. The lowest BCUT2D eigenvalue weighted by Crippen LogP contribution is -2.29. The molecule has 1 aromatic heterocycles. The maximum Gasteiger partial charge on any atom is 0.257 e. The molecule has 200 valence electrons. The summed E-state index contributed by atoms with van der Waals surface area (Å²) in [5.41, 5.74) is 4.61. The first-order valence-corrected chi connectivity index (χ1v) is 13.6. The Bertz CT molecular complexity index is 1310. The standard InChI is InChI=1S/C32H39N3O3/c1-24(2)27-18-17-25(3)22-30(27)37-21-20-35-29-15-10-9-14-28(29)34-31(35)16-8-5-11-19-33-32(36)23-38-26-12-6-4-7-13-26/h4,6-7,9-10,12-15,17-18,22,24H,5,8,11,16,19-21,23H2,1-3H3,(H,33,36). The second kappa shape index (κ2) is 13.7. The number of hydrogen-bond donors (Lipinski definition) is 1. The fourth-order valence-corrected chi connectivity index (χ4v) is 4.59. The van der Waals surface area contributed by atoms with Crippen LogP contribution in [0.1, 0.15) is 56.0 Å². The molecule has 0 radical (unpaired) electrons. The Labute approximate surface area is 226 Å². The summed E-state index contributed by atoms with van der Waals surface area (Å²) in [5.74, 6) is 3.09. The molecule has 0 saturated carbocycles. The van der Waals surface area contributed by atoms with Gasteiger partial charge in [0.25, 0.3) is 5.91 Å². The van der Waals surface area contributed by atoms with Crippen LogP contribution in [0.4, 0.5) is 0 Å². The summed E-state index contributed by atoms with van der Waals surface area (Å²) in [6, 6.07) is 24.1. The van der Waals surface area contributed by atoms with Gasteiger partial charge in [-0.2, -0.15) is 0 Å². The van der Waals surface area contributed by atoms with Gasteiger partial charge >= 0.3 is 0 Å². The third-order valence-corrected chi connectivity index (χ3v) is 6.61. The third-order valence-electron chi connectivity index (χ3n) is 6.61. The van der Waals surface area contributed by atoms with E-state index in [4.69, 9.17) is 14.5 Å². The largest absolute Gasteiger partial charge is 0.491 e. The first-order chi connectivity index (χ1) is 18.5. The van der Waals surface area contributed by atoms with Crippen molar-refractivity contribution in [3.63, 3.8) is 0 Å². The molecule has 0 aliphatic rings. The third kappa shape index (κ3) is 7.60. The molecule has 4 rings (SSSR count). The fraction of sp³-hybridized carbons (Fsp3) is 0.375. The lowest BCUT2D eigenvalue weighted by atomic mass is 10.0. The van der Waals surface area contributed by atoms with E-state index in [9.17, 15) is 4.79 Å². The number of aromatic nitrogens is 2. The zero-order chi connectivity index (χ0) is 26.7. The van der Waals surface area contributed by atoms with Crippen LogP contribution < -0.4 is 14.8 Å². The highest BCUT2D eigenvalue weighted by Crippen LogP contribution is 2.28. The van der Waals surface area contributed by atoms with Crippen molar-refractivity contribution in [3.05, 3.63) is 89.7 Å². The van der Waals surface area contributed by atoms with Crippen molar-refractivity contribution in [2.75, 3.05) is 19.8 Å². The molecule has 0 spiro atoms. The molecule has 0 fully saturated rings. The Morgan fingerprint density at radius 3 is 2.55 bits per heavy atom. The minimum absolute atomic E-state index is 0.0390. The second-order valence-electron chi connectivity index (χ2n) is 9.98. The lowest BCUT2D eigenvalue weighted by Gasteiger charge is -2.16. The van der Waals surface area contributed by atoms with Gasteiger partial charge in [-0.05, 0) is 67.1 Å². The lowest BCUT2D eigenvalue weighted by molar-refractivity contribution is -0.123. The van der Waals surface area contributed by atoms with Crippen LogP contribution in [0.15, 0.2) is 72.8 Å². The zero-order valence-corrected chi connectivity index (χ0v) is 22.8. The Morgan fingerprint density at radius 2 is 1.74 bits per heavy atom. The van der Waals surface area contributed by atoms with Crippen molar-refractivity contribution in [2.24, 2.45) is 0 Å². The number of unbranched alkanes of at least 4 members (excludes halogenated alkanes) is 2. The summed E-state index contributed by atoms with van der Waals surface area (Å²) in [6.07, 6.45) is 3.84. The Hall–Kier alpha value is -3.80. The average molecular weight is 514 g/mol. The monoisotopic (exact) mass is 513 g/mol. The zero-order valence-electron chi connectivity index (χ0n) is 22.8. The van der Waals surface area contributed by atoms with Crippen LogP contribution in [0.2, 0.25) is 0 Å².